The summed E-state index contributed by atoms with van der Waals surface area (Å²) in [6.07, 6.45) is 1.79. The van der Waals surface area contributed by atoms with E-state index in [-0.39, 0.29) is 23.1 Å². The topological polar surface area (TPSA) is 42.0 Å². The number of hydrogen-bond donors (Lipinski definition) is 0. The summed E-state index contributed by atoms with van der Waals surface area (Å²) in [5, 5.41) is 1.82. The average molecular weight is 296 g/mol. The Bertz CT molecular complexity index is 473. The van der Waals surface area contributed by atoms with Gasteiger partial charge in [0.05, 0.1) is 5.60 Å². The quantitative estimate of drug-likeness (QED) is 0.785. The van der Waals surface area contributed by atoms with Gasteiger partial charge in [-0.1, -0.05) is 20.8 Å². The molecule has 0 aromatic heterocycles. The first-order valence-corrected chi connectivity index (χ1v) is 7.46. The Balaban J connectivity index is 2.23. The Kier molecular flexibility index (Phi) is 3.66. The zero-order valence-corrected chi connectivity index (χ0v) is 14.5. The van der Waals surface area contributed by atoms with E-state index in [1.165, 1.54) is 0 Å². The summed E-state index contributed by atoms with van der Waals surface area (Å²) in [6, 6.07) is 0. The molecule has 2 aliphatic rings. The third-order valence-corrected chi connectivity index (χ3v) is 3.88. The fourth-order valence-corrected chi connectivity index (χ4v) is 3.00. The maximum atomic E-state index is 12.6. The number of nitrogens with zero attached hydrogens (tertiary/aromatic N) is 2. The molecule has 0 spiro atoms. The number of amides is 1. The number of carbonyl (C=O) groups excluding carboxylic acids is 1. The third kappa shape index (κ3) is 2.81. The highest BCUT2D eigenvalue weighted by molar-refractivity contribution is 5.90. The molecule has 1 saturated heterocycles. The van der Waals surface area contributed by atoms with Crippen molar-refractivity contribution >= 4 is 5.91 Å². The van der Waals surface area contributed by atoms with E-state index in [9.17, 15) is 4.79 Å². The Morgan fingerprint density at radius 2 is 1.86 bits per heavy atom. The van der Waals surface area contributed by atoms with Crippen LogP contribution in [0.2, 0.25) is 0 Å². The highest BCUT2D eigenvalue weighted by Gasteiger charge is 2.60. The molecular weight excluding hydrogens is 268 g/mol. The summed E-state index contributed by atoms with van der Waals surface area (Å²) in [5.74, 6) is 0.774. The van der Waals surface area contributed by atoms with Crippen LogP contribution in [0.15, 0.2) is 11.8 Å². The molecule has 2 rings (SSSR count). The van der Waals surface area contributed by atoms with E-state index >= 15 is 0 Å². The first-order valence-electron chi connectivity index (χ1n) is 7.46. The van der Waals surface area contributed by atoms with Gasteiger partial charge in [0.15, 0.2) is 5.54 Å². The number of ether oxygens (including phenoxy) is 1. The van der Waals surface area contributed by atoms with Crippen LogP contribution in [0.3, 0.4) is 0 Å². The van der Waals surface area contributed by atoms with Gasteiger partial charge in [-0.2, -0.15) is 0 Å². The van der Waals surface area contributed by atoms with Crippen LogP contribution < -0.4 is 0 Å². The van der Waals surface area contributed by atoms with Crippen molar-refractivity contribution in [2.45, 2.75) is 65.8 Å². The molecule has 0 aliphatic carbocycles. The SMILES string of the molecule is CN1C(=O)[C@]2(C)C=C(COC(C)(C)C)ON2[C@H]1C(C)(C)C. The molecule has 0 N–H and O–H groups in total. The Hall–Kier alpha value is -1.07. The predicted molar refractivity (Wildman–Crippen MR) is 81.1 cm³/mol. The van der Waals surface area contributed by atoms with Gasteiger partial charge in [0.1, 0.15) is 18.5 Å². The van der Waals surface area contributed by atoms with Crippen molar-refractivity contribution in [2.24, 2.45) is 5.41 Å². The zero-order valence-electron chi connectivity index (χ0n) is 14.5. The molecule has 0 saturated carbocycles. The van der Waals surface area contributed by atoms with Gasteiger partial charge in [0.25, 0.3) is 5.91 Å². The average Bonchev–Trinajstić information content (AvgIpc) is 2.69. The number of carbonyl (C=O) groups is 1. The molecule has 0 aromatic rings. The van der Waals surface area contributed by atoms with Crippen LogP contribution in [0.25, 0.3) is 0 Å². The minimum absolute atomic E-state index is 0.0631. The molecule has 0 radical (unpaired) electrons. The molecule has 0 aromatic carbocycles. The first kappa shape index (κ1) is 16.3. The van der Waals surface area contributed by atoms with Crippen molar-refractivity contribution in [2.75, 3.05) is 13.7 Å². The van der Waals surface area contributed by atoms with Gasteiger partial charge in [0, 0.05) is 7.05 Å². The lowest BCUT2D eigenvalue weighted by Gasteiger charge is -2.37. The Morgan fingerprint density at radius 3 is 2.33 bits per heavy atom. The molecule has 1 amide bonds. The molecule has 5 nitrogen and oxygen atoms in total. The van der Waals surface area contributed by atoms with E-state index < -0.39 is 5.54 Å². The minimum Gasteiger partial charge on any atom is -0.405 e. The lowest BCUT2D eigenvalue weighted by atomic mass is 9.91. The summed E-state index contributed by atoms with van der Waals surface area (Å²) < 4.78 is 5.76. The van der Waals surface area contributed by atoms with Crippen LogP contribution in [0, 0.1) is 5.41 Å². The molecular formula is C16H28N2O3. The summed E-state index contributed by atoms with van der Waals surface area (Å²) in [7, 11) is 1.84. The lowest BCUT2D eigenvalue weighted by molar-refractivity contribution is -0.197. The predicted octanol–water partition coefficient (Wildman–Crippen LogP) is 2.54. The van der Waals surface area contributed by atoms with Gasteiger partial charge >= 0.3 is 0 Å². The molecule has 120 valence electrons. The minimum atomic E-state index is -0.733. The summed E-state index contributed by atoms with van der Waals surface area (Å²) in [6.45, 7) is 14.6. The largest absolute Gasteiger partial charge is 0.405 e. The molecule has 2 atom stereocenters. The molecule has 1 fully saturated rings. The van der Waals surface area contributed by atoms with Crippen LogP contribution in [-0.4, -0.2) is 46.8 Å². The van der Waals surface area contributed by atoms with Crippen LogP contribution in [0.4, 0.5) is 0 Å². The molecule has 2 aliphatic heterocycles. The molecule has 0 unspecified atom stereocenters. The number of rotatable bonds is 2. The highest BCUT2D eigenvalue weighted by atomic mass is 16.7. The highest BCUT2D eigenvalue weighted by Crippen LogP contribution is 2.44. The van der Waals surface area contributed by atoms with Crippen molar-refractivity contribution in [3.8, 4) is 0 Å². The van der Waals surface area contributed by atoms with Gasteiger partial charge in [-0.15, -0.1) is 5.06 Å². The van der Waals surface area contributed by atoms with E-state index in [1.807, 2.05) is 45.9 Å². The van der Waals surface area contributed by atoms with E-state index in [2.05, 4.69) is 20.8 Å². The second kappa shape index (κ2) is 4.71. The zero-order chi connectivity index (χ0) is 16.2. The number of likely N-dealkylation sites (N-methyl/N-ethyl adjacent to an activating group) is 1. The van der Waals surface area contributed by atoms with Gasteiger partial charge in [-0.05, 0) is 39.2 Å². The van der Waals surface area contributed by atoms with Crippen LogP contribution in [0.5, 0.6) is 0 Å². The first-order chi connectivity index (χ1) is 9.36. The second-order valence-electron chi connectivity index (χ2n) is 8.23. The normalized spacial score (nSPS) is 30.5. The van der Waals surface area contributed by atoms with Crippen molar-refractivity contribution in [1.82, 2.24) is 9.96 Å². The molecule has 5 heteroatoms. The lowest BCUT2D eigenvalue weighted by Crippen LogP contribution is -2.48. The van der Waals surface area contributed by atoms with Crippen molar-refractivity contribution in [3.63, 3.8) is 0 Å². The standard InChI is InChI=1S/C16H28N2O3/c1-14(2,3)12-17(8)13(19)16(7)9-11(21-18(12)16)10-20-15(4,5)6/h9,12H,10H2,1-8H3/t12-,16-/m0/s1. The maximum Gasteiger partial charge on any atom is 0.251 e. The number of hydroxylamine groups is 2. The van der Waals surface area contributed by atoms with E-state index in [4.69, 9.17) is 9.57 Å². The number of hydrogen-bond acceptors (Lipinski definition) is 4. The number of fused-ring (bicyclic) bond motifs is 1. The fourth-order valence-electron chi connectivity index (χ4n) is 3.00. The van der Waals surface area contributed by atoms with Crippen molar-refractivity contribution < 1.29 is 14.4 Å². The van der Waals surface area contributed by atoms with E-state index in [0.717, 1.165) is 0 Å². The summed E-state index contributed by atoms with van der Waals surface area (Å²) in [5.41, 5.74) is -1.07. The van der Waals surface area contributed by atoms with Crippen LogP contribution in [-0.2, 0) is 14.4 Å². The van der Waals surface area contributed by atoms with Gasteiger partial charge in [-0.25, -0.2) is 0 Å². The van der Waals surface area contributed by atoms with Crippen LogP contribution in [0.1, 0.15) is 48.5 Å². The van der Waals surface area contributed by atoms with Crippen molar-refractivity contribution in [1.29, 1.82) is 0 Å². The smallest absolute Gasteiger partial charge is 0.251 e. The Morgan fingerprint density at radius 1 is 1.29 bits per heavy atom. The van der Waals surface area contributed by atoms with E-state index in [1.54, 1.807) is 4.90 Å². The maximum absolute atomic E-state index is 12.6. The fraction of sp³-hybridized carbons (Fsp3) is 0.812. The molecule has 21 heavy (non-hydrogen) atoms. The third-order valence-electron chi connectivity index (χ3n) is 3.88. The van der Waals surface area contributed by atoms with E-state index in [0.29, 0.717) is 12.4 Å². The Labute approximate surface area is 127 Å². The van der Waals surface area contributed by atoms with Gasteiger partial charge in [0.2, 0.25) is 0 Å². The second-order valence-corrected chi connectivity index (χ2v) is 8.23. The summed E-state index contributed by atoms with van der Waals surface area (Å²) in [4.78, 5) is 20.4. The monoisotopic (exact) mass is 296 g/mol. The van der Waals surface area contributed by atoms with Gasteiger partial charge in [-0.3, -0.25) is 4.79 Å². The van der Waals surface area contributed by atoms with Gasteiger partial charge < -0.3 is 14.5 Å². The molecule has 2 heterocycles. The molecule has 0 bridgehead atoms. The summed E-state index contributed by atoms with van der Waals surface area (Å²) >= 11 is 0. The van der Waals surface area contributed by atoms with Crippen molar-refractivity contribution in [3.05, 3.63) is 11.8 Å². The van der Waals surface area contributed by atoms with Crippen LogP contribution >= 0.6 is 0 Å².